The zero-order chi connectivity index (χ0) is 53.6. The van der Waals surface area contributed by atoms with Crippen molar-refractivity contribution < 1.29 is 24.5 Å². The summed E-state index contributed by atoms with van der Waals surface area (Å²) in [6, 6.07) is -0.638. The van der Waals surface area contributed by atoms with Crippen LogP contribution in [-0.4, -0.2) is 47.4 Å². The van der Waals surface area contributed by atoms with Crippen molar-refractivity contribution in [1.29, 1.82) is 0 Å². The van der Waals surface area contributed by atoms with E-state index in [1.807, 2.05) is 6.08 Å². The zero-order valence-electron chi connectivity index (χ0n) is 50.1. The molecule has 0 aliphatic carbocycles. The van der Waals surface area contributed by atoms with Gasteiger partial charge in [-0.2, -0.15) is 0 Å². The van der Waals surface area contributed by atoms with E-state index in [1.54, 1.807) is 6.08 Å². The van der Waals surface area contributed by atoms with Crippen molar-refractivity contribution in [3.8, 4) is 0 Å². The summed E-state index contributed by atoms with van der Waals surface area (Å²) in [4.78, 5) is 24.6. The molecule has 1 amide bonds. The molecular formula is C68H131NO5. The zero-order valence-corrected chi connectivity index (χ0v) is 50.1. The van der Waals surface area contributed by atoms with Crippen LogP contribution in [0.3, 0.4) is 0 Å². The molecule has 0 heterocycles. The van der Waals surface area contributed by atoms with Crippen molar-refractivity contribution in [3.05, 3.63) is 24.3 Å². The summed E-state index contributed by atoms with van der Waals surface area (Å²) in [7, 11) is 0. The number of unbranched alkanes of at least 4 members (excludes halogenated alkanes) is 50. The Hall–Kier alpha value is -1.66. The van der Waals surface area contributed by atoms with Crippen molar-refractivity contribution >= 4 is 11.9 Å². The molecule has 0 aromatic carbocycles. The van der Waals surface area contributed by atoms with E-state index < -0.39 is 12.1 Å². The van der Waals surface area contributed by atoms with Gasteiger partial charge in [0.05, 0.1) is 25.4 Å². The molecule has 6 heteroatoms. The molecule has 0 fully saturated rings. The number of hydrogen-bond acceptors (Lipinski definition) is 5. The monoisotopic (exact) mass is 1040 g/mol. The van der Waals surface area contributed by atoms with Gasteiger partial charge >= 0.3 is 5.97 Å². The van der Waals surface area contributed by atoms with Crippen molar-refractivity contribution in [3.63, 3.8) is 0 Å². The molecule has 74 heavy (non-hydrogen) atoms. The number of rotatable bonds is 63. The SMILES string of the molecule is CCCCCCCCCCCCCCCCCCCCCCC/C=C/C(O)C(CO)NC(=O)CCCCCCCCC/C=C\CCCCCCCCOC(=O)CCCCCCCCCCCCCCCCCCC. The minimum absolute atomic E-state index is 0.00209. The number of amides is 1. The smallest absolute Gasteiger partial charge is 0.305 e. The van der Waals surface area contributed by atoms with Crippen molar-refractivity contribution in [2.75, 3.05) is 13.2 Å². The van der Waals surface area contributed by atoms with Gasteiger partial charge in [0, 0.05) is 12.8 Å². The van der Waals surface area contributed by atoms with Gasteiger partial charge in [-0.25, -0.2) is 0 Å². The minimum Gasteiger partial charge on any atom is -0.466 e. The Morgan fingerprint density at radius 3 is 0.959 bits per heavy atom. The molecular weight excluding hydrogens is 911 g/mol. The molecule has 438 valence electrons. The Labute approximate surface area is 462 Å². The fraction of sp³-hybridized carbons (Fsp3) is 0.912. The molecule has 6 nitrogen and oxygen atoms in total. The lowest BCUT2D eigenvalue weighted by Crippen LogP contribution is -2.45. The lowest BCUT2D eigenvalue weighted by atomic mass is 10.0. The Morgan fingerprint density at radius 1 is 0.365 bits per heavy atom. The topological polar surface area (TPSA) is 95.9 Å². The third-order valence-electron chi connectivity index (χ3n) is 15.7. The Kier molecular flexibility index (Phi) is 62.4. The quantitative estimate of drug-likeness (QED) is 0.0320. The van der Waals surface area contributed by atoms with Gasteiger partial charge in [-0.15, -0.1) is 0 Å². The highest BCUT2D eigenvalue weighted by Crippen LogP contribution is 2.18. The van der Waals surface area contributed by atoms with Crippen LogP contribution in [0.25, 0.3) is 0 Å². The second kappa shape index (κ2) is 63.9. The largest absolute Gasteiger partial charge is 0.466 e. The first-order valence-corrected chi connectivity index (χ1v) is 33.6. The number of carbonyl (C=O) groups is 2. The molecule has 0 saturated carbocycles. The molecule has 0 bridgehead atoms. The number of hydrogen-bond donors (Lipinski definition) is 3. The first-order chi connectivity index (χ1) is 36.5. The van der Waals surface area contributed by atoms with Crippen molar-refractivity contribution in [2.24, 2.45) is 0 Å². The highest BCUT2D eigenvalue weighted by molar-refractivity contribution is 5.76. The molecule has 0 spiro atoms. The maximum absolute atomic E-state index is 12.5. The standard InChI is InChI=1S/C68H131NO5/c1-3-5-7-9-11-13-15-17-19-21-22-23-24-25-26-29-32-36-40-44-48-52-56-60-66(71)65(64-70)69-67(72)61-57-53-49-45-41-37-33-30-27-31-35-39-43-47-51-55-59-63-74-68(73)62-58-54-50-46-42-38-34-28-20-18-16-14-12-10-8-6-4-2/h27,31,56,60,65-66,70-71H,3-26,28-30,32-55,57-59,61-64H2,1-2H3,(H,69,72)/b31-27-,60-56+. The molecule has 3 N–H and O–H groups in total. The summed E-state index contributed by atoms with van der Waals surface area (Å²) in [5.74, 6) is -0.0739. The van der Waals surface area contributed by atoms with Crippen LogP contribution in [0.5, 0.6) is 0 Å². The van der Waals surface area contributed by atoms with Gasteiger partial charge in [0.25, 0.3) is 0 Å². The fourth-order valence-electron chi connectivity index (χ4n) is 10.6. The van der Waals surface area contributed by atoms with Crippen LogP contribution in [0.4, 0.5) is 0 Å². The summed E-state index contributed by atoms with van der Waals surface area (Å²) in [5.41, 5.74) is 0. The molecule has 0 aromatic heterocycles. The van der Waals surface area contributed by atoms with Gasteiger partial charge in [-0.05, 0) is 57.8 Å². The average molecular weight is 1040 g/mol. The van der Waals surface area contributed by atoms with Gasteiger partial charge < -0.3 is 20.3 Å². The lowest BCUT2D eigenvalue weighted by molar-refractivity contribution is -0.143. The number of carbonyl (C=O) groups excluding carboxylic acids is 2. The van der Waals surface area contributed by atoms with Gasteiger partial charge in [-0.3, -0.25) is 9.59 Å². The van der Waals surface area contributed by atoms with Crippen LogP contribution in [-0.2, 0) is 14.3 Å². The molecule has 0 aliphatic rings. The van der Waals surface area contributed by atoms with E-state index in [4.69, 9.17) is 4.74 Å². The van der Waals surface area contributed by atoms with Crippen LogP contribution in [0, 0.1) is 0 Å². The van der Waals surface area contributed by atoms with E-state index in [-0.39, 0.29) is 18.5 Å². The number of allylic oxidation sites excluding steroid dienone is 3. The Balaban J connectivity index is 3.46. The Bertz CT molecular complexity index is 1150. The number of ether oxygens (including phenoxy) is 1. The predicted molar refractivity (Wildman–Crippen MR) is 324 cm³/mol. The van der Waals surface area contributed by atoms with Crippen LogP contribution >= 0.6 is 0 Å². The highest BCUT2D eigenvalue weighted by Gasteiger charge is 2.18. The summed E-state index contributed by atoms with van der Waals surface area (Å²) in [6.07, 6.45) is 79.5. The number of aliphatic hydroxyl groups is 2. The van der Waals surface area contributed by atoms with E-state index >= 15 is 0 Å². The van der Waals surface area contributed by atoms with Gasteiger partial charge in [-0.1, -0.05) is 327 Å². The van der Waals surface area contributed by atoms with Crippen LogP contribution in [0.2, 0.25) is 0 Å². The van der Waals surface area contributed by atoms with Crippen molar-refractivity contribution in [2.45, 2.75) is 386 Å². The second-order valence-electron chi connectivity index (χ2n) is 23.2. The first kappa shape index (κ1) is 72.3. The molecule has 2 unspecified atom stereocenters. The first-order valence-electron chi connectivity index (χ1n) is 33.6. The van der Waals surface area contributed by atoms with Crippen LogP contribution < -0.4 is 5.32 Å². The third kappa shape index (κ3) is 59.6. The van der Waals surface area contributed by atoms with Gasteiger partial charge in [0.15, 0.2) is 0 Å². The van der Waals surface area contributed by atoms with Crippen LogP contribution in [0.1, 0.15) is 373 Å². The number of nitrogens with one attached hydrogen (secondary N) is 1. The van der Waals surface area contributed by atoms with Gasteiger partial charge in [0.2, 0.25) is 5.91 Å². The van der Waals surface area contributed by atoms with Crippen molar-refractivity contribution in [1.82, 2.24) is 5.32 Å². The third-order valence-corrected chi connectivity index (χ3v) is 15.7. The second-order valence-corrected chi connectivity index (χ2v) is 23.2. The highest BCUT2D eigenvalue weighted by atomic mass is 16.5. The summed E-state index contributed by atoms with van der Waals surface area (Å²) in [6.45, 7) is 4.92. The lowest BCUT2D eigenvalue weighted by Gasteiger charge is -2.20. The number of esters is 1. The summed E-state index contributed by atoms with van der Waals surface area (Å²) >= 11 is 0. The molecule has 0 aromatic rings. The Morgan fingerprint density at radius 2 is 0.635 bits per heavy atom. The fourth-order valence-corrected chi connectivity index (χ4v) is 10.6. The average Bonchev–Trinajstić information content (AvgIpc) is 3.40. The van der Waals surface area contributed by atoms with E-state index in [9.17, 15) is 19.8 Å². The van der Waals surface area contributed by atoms with Crippen LogP contribution in [0.15, 0.2) is 24.3 Å². The van der Waals surface area contributed by atoms with E-state index in [2.05, 4.69) is 31.3 Å². The minimum atomic E-state index is -0.853. The number of aliphatic hydroxyl groups excluding tert-OH is 2. The molecule has 0 saturated heterocycles. The molecule has 0 rings (SSSR count). The maximum atomic E-state index is 12.5. The molecule has 2 atom stereocenters. The summed E-state index contributed by atoms with van der Waals surface area (Å²) in [5, 5.41) is 23.2. The maximum Gasteiger partial charge on any atom is 0.305 e. The predicted octanol–water partition coefficient (Wildman–Crippen LogP) is 21.4. The van der Waals surface area contributed by atoms with E-state index in [0.717, 1.165) is 57.8 Å². The normalized spacial score (nSPS) is 12.6. The van der Waals surface area contributed by atoms with E-state index in [1.165, 1.54) is 289 Å². The summed E-state index contributed by atoms with van der Waals surface area (Å²) < 4.78 is 5.49. The molecule has 0 aliphatic heterocycles. The van der Waals surface area contributed by atoms with E-state index in [0.29, 0.717) is 19.4 Å². The molecule has 0 radical (unpaired) electrons. The van der Waals surface area contributed by atoms with Gasteiger partial charge in [0.1, 0.15) is 0 Å².